The first-order chi connectivity index (χ1) is 15.7. The third-order valence-electron chi connectivity index (χ3n) is 6.13. The number of aryl methyl sites for hydroxylation is 1. The van der Waals surface area contributed by atoms with Crippen molar-refractivity contribution in [3.8, 4) is 5.75 Å². The first-order valence-corrected chi connectivity index (χ1v) is 11.7. The van der Waals surface area contributed by atoms with Crippen molar-refractivity contribution in [2.45, 2.75) is 38.3 Å². The second kappa shape index (κ2) is 8.03. The highest BCUT2D eigenvalue weighted by Gasteiger charge is 2.35. The Labute approximate surface area is 194 Å². The average Bonchev–Trinajstić information content (AvgIpc) is 3.28. The summed E-state index contributed by atoms with van der Waals surface area (Å²) in [6, 6.07) is 5.32. The van der Waals surface area contributed by atoms with E-state index in [1.165, 1.54) is 11.3 Å². The van der Waals surface area contributed by atoms with Crippen LogP contribution in [0.1, 0.15) is 34.8 Å². The van der Waals surface area contributed by atoms with Crippen molar-refractivity contribution in [1.82, 2.24) is 14.9 Å². The van der Waals surface area contributed by atoms with E-state index in [-0.39, 0.29) is 17.5 Å². The maximum Gasteiger partial charge on any atom is 0.511 e. The Kier molecular flexibility index (Phi) is 5.29. The number of nitrogens with zero attached hydrogens (tertiary/aromatic N) is 3. The fourth-order valence-electron chi connectivity index (χ4n) is 4.70. The van der Waals surface area contributed by atoms with Crippen LogP contribution in [0.5, 0.6) is 5.75 Å². The Hall–Kier alpha value is -3.11. The number of amides is 1. The number of benzene rings is 1. The van der Waals surface area contributed by atoms with Gasteiger partial charge >= 0.3 is 6.16 Å². The van der Waals surface area contributed by atoms with E-state index in [4.69, 9.17) is 19.6 Å². The topological polar surface area (TPSA) is 106 Å². The van der Waals surface area contributed by atoms with E-state index in [0.29, 0.717) is 43.2 Å². The Balaban J connectivity index is 1.45. The van der Waals surface area contributed by atoms with Crippen LogP contribution in [0.25, 0.3) is 10.9 Å². The molecule has 33 heavy (non-hydrogen) atoms. The van der Waals surface area contributed by atoms with Crippen LogP contribution in [-0.2, 0) is 24.6 Å². The minimum Gasteiger partial charge on any atom is -0.449 e. The number of nitrogens with one attached hydrogen (secondary N) is 1. The molecule has 9 nitrogen and oxygen atoms in total. The van der Waals surface area contributed by atoms with Gasteiger partial charge in [-0.3, -0.25) is 4.79 Å². The average molecular weight is 471 g/mol. The number of morpholine rings is 1. The predicted octanol–water partition coefficient (Wildman–Crippen LogP) is 3.20. The molecular formula is C23H26N4O5S. The number of anilines is 1. The minimum atomic E-state index is -1.33. The molecule has 0 bridgehead atoms. The minimum absolute atomic E-state index is 0.0390. The summed E-state index contributed by atoms with van der Waals surface area (Å²) in [5, 5.41) is 13.8. The van der Waals surface area contributed by atoms with Gasteiger partial charge in [0.2, 0.25) is 0 Å². The summed E-state index contributed by atoms with van der Waals surface area (Å²) < 4.78 is 12.7. The Bertz CT molecular complexity index is 1250. The molecule has 174 valence electrons. The van der Waals surface area contributed by atoms with Gasteiger partial charge in [0.1, 0.15) is 10.6 Å². The molecule has 5 rings (SSSR count). The van der Waals surface area contributed by atoms with Crippen molar-refractivity contribution < 1.29 is 24.2 Å². The van der Waals surface area contributed by atoms with Gasteiger partial charge in [-0.05, 0) is 44.0 Å². The number of hydrogen-bond acceptors (Lipinski definition) is 7. The van der Waals surface area contributed by atoms with Gasteiger partial charge in [0.15, 0.2) is 5.13 Å². The zero-order valence-corrected chi connectivity index (χ0v) is 19.6. The molecule has 1 saturated heterocycles. The number of hydrogen-bond donors (Lipinski definition) is 2. The molecule has 0 radical (unpaired) electrons. The Morgan fingerprint density at radius 2 is 2.24 bits per heavy atom. The van der Waals surface area contributed by atoms with Gasteiger partial charge in [-0.2, -0.15) is 0 Å². The molecule has 3 aromatic rings. The number of carbonyl (C=O) groups excluding carboxylic acids is 1. The molecule has 4 heterocycles. The molecule has 1 atom stereocenters. The molecule has 1 amide bonds. The van der Waals surface area contributed by atoms with Crippen LogP contribution < -0.4 is 15.0 Å². The Morgan fingerprint density at radius 1 is 1.42 bits per heavy atom. The number of fused-ring (bicyclic) bond motifs is 2. The van der Waals surface area contributed by atoms with E-state index in [9.17, 15) is 9.59 Å². The molecule has 0 saturated carbocycles. The molecular weight excluding hydrogens is 444 g/mol. The number of aromatic nitrogens is 2. The third-order valence-corrected chi connectivity index (χ3v) is 7.26. The van der Waals surface area contributed by atoms with Crippen molar-refractivity contribution in [2.24, 2.45) is 7.05 Å². The number of rotatable bonds is 4. The largest absolute Gasteiger partial charge is 0.511 e. The molecule has 2 aromatic heterocycles. The smallest absolute Gasteiger partial charge is 0.449 e. The normalized spacial score (nSPS) is 19.9. The third kappa shape index (κ3) is 4.16. The van der Waals surface area contributed by atoms with Crippen molar-refractivity contribution in [3.63, 3.8) is 0 Å². The molecule has 0 aliphatic carbocycles. The van der Waals surface area contributed by atoms with Gasteiger partial charge in [0.25, 0.3) is 5.91 Å². The summed E-state index contributed by atoms with van der Waals surface area (Å²) >= 11 is 1.44. The molecule has 0 spiro atoms. The maximum atomic E-state index is 12.6. The highest BCUT2D eigenvalue weighted by atomic mass is 32.1. The maximum absolute atomic E-state index is 12.6. The Morgan fingerprint density at radius 3 is 3.03 bits per heavy atom. The molecule has 2 aliphatic rings. The zero-order valence-electron chi connectivity index (χ0n) is 18.8. The van der Waals surface area contributed by atoms with Gasteiger partial charge in [-0.25, -0.2) is 9.78 Å². The van der Waals surface area contributed by atoms with E-state index >= 15 is 0 Å². The van der Waals surface area contributed by atoms with Crippen molar-refractivity contribution in [1.29, 1.82) is 0 Å². The van der Waals surface area contributed by atoms with E-state index in [2.05, 4.69) is 16.4 Å². The van der Waals surface area contributed by atoms with Crippen LogP contribution in [-0.4, -0.2) is 58.1 Å². The lowest BCUT2D eigenvalue weighted by molar-refractivity contribution is 0.0900. The SMILES string of the molecule is Cn1cc(C[C@H]2COCCN2c2nc3c(s2)C(=O)NC(C)(C)C3)c2cc(OC(=O)O)ccc21. The summed E-state index contributed by atoms with van der Waals surface area (Å²) in [6.45, 7) is 5.86. The monoisotopic (exact) mass is 470 g/mol. The van der Waals surface area contributed by atoms with Crippen molar-refractivity contribution in [3.05, 3.63) is 40.5 Å². The number of carboxylic acid groups (broad SMARTS) is 1. The first-order valence-electron chi connectivity index (χ1n) is 10.9. The lowest BCUT2D eigenvalue weighted by atomic mass is 9.94. The van der Waals surface area contributed by atoms with Gasteiger partial charge in [-0.1, -0.05) is 11.3 Å². The lowest BCUT2D eigenvalue weighted by Crippen LogP contribution is -2.48. The van der Waals surface area contributed by atoms with Crippen LogP contribution in [0.4, 0.5) is 9.93 Å². The fraction of sp³-hybridized carbons (Fsp3) is 0.435. The van der Waals surface area contributed by atoms with E-state index < -0.39 is 6.16 Å². The lowest BCUT2D eigenvalue weighted by Gasteiger charge is -2.35. The van der Waals surface area contributed by atoms with Gasteiger partial charge in [0, 0.05) is 42.7 Å². The van der Waals surface area contributed by atoms with Crippen LogP contribution in [0.15, 0.2) is 24.4 Å². The zero-order chi connectivity index (χ0) is 23.3. The highest BCUT2D eigenvalue weighted by molar-refractivity contribution is 7.17. The van der Waals surface area contributed by atoms with Gasteiger partial charge in [0.05, 0.1) is 24.9 Å². The number of thiazole rings is 1. The van der Waals surface area contributed by atoms with Crippen molar-refractivity contribution >= 4 is 39.4 Å². The van der Waals surface area contributed by atoms with E-state index in [0.717, 1.165) is 27.3 Å². The molecule has 0 unspecified atom stereocenters. The summed E-state index contributed by atoms with van der Waals surface area (Å²) in [7, 11) is 1.97. The van der Waals surface area contributed by atoms with Crippen LogP contribution in [0.2, 0.25) is 0 Å². The molecule has 2 aliphatic heterocycles. The molecule has 1 aromatic carbocycles. The molecule has 2 N–H and O–H groups in total. The van der Waals surface area contributed by atoms with Gasteiger partial charge < -0.3 is 29.4 Å². The fourth-order valence-corrected chi connectivity index (χ4v) is 5.77. The van der Waals surface area contributed by atoms with E-state index in [1.54, 1.807) is 12.1 Å². The second-order valence-electron chi connectivity index (χ2n) is 9.23. The summed E-state index contributed by atoms with van der Waals surface area (Å²) in [5.74, 6) is 0.232. The quantitative estimate of drug-likeness (QED) is 0.446. The predicted molar refractivity (Wildman–Crippen MR) is 125 cm³/mol. The number of ether oxygens (including phenoxy) is 2. The number of carbonyl (C=O) groups is 2. The standard InChI is InChI=1S/C23H26N4O5S/c1-23(2)10-17-19(20(28)25-23)33-21(24-17)27-6-7-31-12-14(27)8-13-11-26(3)18-5-4-15(9-16(13)18)32-22(29)30/h4-5,9,11,14H,6-8,10,12H2,1-3H3,(H,25,28)(H,29,30)/t14-/m0/s1. The molecule has 10 heteroatoms. The van der Waals surface area contributed by atoms with Crippen LogP contribution in [0, 0.1) is 0 Å². The van der Waals surface area contributed by atoms with Gasteiger partial charge in [-0.15, -0.1) is 0 Å². The molecule has 1 fully saturated rings. The first kappa shape index (κ1) is 21.7. The second-order valence-corrected chi connectivity index (χ2v) is 10.2. The van der Waals surface area contributed by atoms with Crippen LogP contribution >= 0.6 is 11.3 Å². The summed E-state index contributed by atoms with van der Waals surface area (Å²) in [6.07, 6.45) is 2.12. The summed E-state index contributed by atoms with van der Waals surface area (Å²) in [5.41, 5.74) is 2.62. The van der Waals surface area contributed by atoms with E-state index in [1.807, 2.05) is 31.5 Å². The highest BCUT2D eigenvalue weighted by Crippen LogP contribution is 2.35. The summed E-state index contributed by atoms with van der Waals surface area (Å²) in [4.78, 5) is 31.4. The van der Waals surface area contributed by atoms with Crippen LogP contribution in [0.3, 0.4) is 0 Å². The van der Waals surface area contributed by atoms with Crippen molar-refractivity contribution in [2.75, 3.05) is 24.7 Å².